The summed E-state index contributed by atoms with van der Waals surface area (Å²) in [6.07, 6.45) is -5.43. The maximum atomic E-state index is 12.3. The Kier molecular flexibility index (Phi) is 4.62. The third-order valence-corrected chi connectivity index (χ3v) is 2.44. The summed E-state index contributed by atoms with van der Waals surface area (Å²) >= 11 is 5.74. The minimum absolute atomic E-state index is 0.278. The molecular formula is C10H12ClF3N2O. The Morgan fingerprint density at radius 2 is 2.12 bits per heavy atom. The van der Waals surface area contributed by atoms with Crippen LogP contribution in [0.5, 0.6) is 5.75 Å². The second-order valence-corrected chi connectivity index (χ2v) is 3.86. The fourth-order valence-corrected chi connectivity index (χ4v) is 1.65. The molecule has 0 bridgehead atoms. The summed E-state index contributed by atoms with van der Waals surface area (Å²) in [4.78, 5) is 0. The van der Waals surface area contributed by atoms with E-state index >= 15 is 0 Å². The highest BCUT2D eigenvalue weighted by Gasteiger charge is 2.33. The standard InChI is InChI=1S/C10H12ClF3N2O/c1-17-9-3-2-6(11)4-7(9)8(16-15)5-10(12,13)14/h2-4,8,16H,5,15H2,1H3. The summed E-state index contributed by atoms with van der Waals surface area (Å²) in [5, 5.41) is 0.322. The average molecular weight is 269 g/mol. The molecule has 1 unspecified atom stereocenters. The summed E-state index contributed by atoms with van der Waals surface area (Å²) in [5.74, 6) is 5.44. The van der Waals surface area contributed by atoms with Crippen LogP contribution in [0, 0.1) is 0 Å². The predicted octanol–water partition coefficient (Wildman–Crippen LogP) is 2.81. The van der Waals surface area contributed by atoms with Gasteiger partial charge in [-0.05, 0) is 18.2 Å². The lowest BCUT2D eigenvalue weighted by molar-refractivity contribution is -0.140. The monoisotopic (exact) mass is 268 g/mol. The quantitative estimate of drug-likeness (QED) is 0.652. The predicted molar refractivity (Wildman–Crippen MR) is 58.7 cm³/mol. The van der Waals surface area contributed by atoms with Gasteiger partial charge in [0.1, 0.15) is 5.75 Å². The second kappa shape index (κ2) is 5.57. The van der Waals surface area contributed by atoms with Gasteiger partial charge in [-0.25, -0.2) is 0 Å². The number of hydrogen-bond donors (Lipinski definition) is 2. The smallest absolute Gasteiger partial charge is 0.390 e. The summed E-state index contributed by atoms with van der Waals surface area (Å²) in [6, 6.07) is 3.34. The van der Waals surface area contributed by atoms with E-state index in [2.05, 4.69) is 5.43 Å². The van der Waals surface area contributed by atoms with Crippen LogP contribution in [-0.4, -0.2) is 13.3 Å². The van der Waals surface area contributed by atoms with Gasteiger partial charge in [-0.15, -0.1) is 0 Å². The van der Waals surface area contributed by atoms with Crippen molar-refractivity contribution >= 4 is 11.6 Å². The molecule has 0 aliphatic heterocycles. The fraction of sp³-hybridized carbons (Fsp3) is 0.400. The number of hydrogen-bond acceptors (Lipinski definition) is 3. The Morgan fingerprint density at radius 1 is 1.47 bits per heavy atom. The minimum atomic E-state index is -4.33. The number of ether oxygens (including phenoxy) is 1. The van der Waals surface area contributed by atoms with Crippen molar-refractivity contribution in [1.29, 1.82) is 0 Å². The number of nitrogens with one attached hydrogen (secondary N) is 1. The van der Waals surface area contributed by atoms with Crippen molar-refractivity contribution in [3.05, 3.63) is 28.8 Å². The Labute approximate surface area is 102 Å². The van der Waals surface area contributed by atoms with Crippen molar-refractivity contribution in [3.8, 4) is 5.75 Å². The van der Waals surface area contributed by atoms with Crippen LogP contribution in [0.25, 0.3) is 0 Å². The summed E-state index contributed by atoms with van der Waals surface area (Å²) in [7, 11) is 1.37. The molecule has 1 rings (SSSR count). The molecular weight excluding hydrogens is 257 g/mol. The molecule has 0 saturated carbocycles. The van der Waals surface area contributed by atoms with Gasteiger partial charge in [0.15, 0.2) is 0 Å². The highest BCUT2D eigenvalue weighted by atomic mass is 35.5. The molecule has 3 nitrogen and oxygen atoms in total. The first-order valence-corrected chi connectivity index (χ1v) is 5.11. The van der Waals surface area contributed by atoms with Crippen LogP contribution in [0.3, 0.4) is 0 Å². The lowest BCUT2D eigenvalue weighted by Gasteiger charge is -2.20. The molecule has 7 heteroatoms. The van der Waals surface area contributed by atoms with Gasteiger partial charge in [0.05, 0.1) is 19.6 Å². The largest absolute Gasteiger partial charge is 0.496 e. The number of methoxy groups -OCH3 is 1. The van der Waals surface area contributed by atoms with E-state index in [-0.39, 0.29) is 5.56 Å². The van der Waals surface area contributed by atoms with Crippen molar-refractivity contribution in [2.24, 2.45) is 5.84 Å². The van der Waals surface area contributed by atoms with Gasteiger partial charge < -0.3 is 4.74 Å². The van der Waals surface area contributed by atoms with Crippen molar-refractivity contribution in [3.63, 3.8) is 0 Å². The lowest BCUT2D eigenvalue weighted by Crippen LogP contribution is -2.32. The summed E-state index contributed by atoms with van der Waals surface area (Å²) < 4.78 is 42.0. The molecule has 0 aromatic heterocycles. The van der Waals surface area contributed by atoms with Crippen LogP contribution < -0.4 is 16.0 Å². The SMILES string of the molecule is COc1ccc(Cl)cc1C(CC(F)(F)F)NN. The van der Waals surface area contributed by atoms with Crippen LogP contribution in [-0.2, 0) is 0 Å². The van der Waals surface area contributed by atoms with Crippen molar-refractivity contribution in [1.82, 2.24) is 5.43 Å². The molecule has 0 saturated heterocycles. The molecule has 0 fully saturated rings. The zero-order valence-corrected chi connectivity index (χ0v) is 9.77. The molecule has 0 aliphatic rings. The van der Waals surface area contributed by atoms with E-state index in [1.807, 2.05) is 0 Å². The lowest BCUT2D eigenvalue weighted by atomic mass is 10.0. The molecule has 1 atom stereocenters. The molecule has 96 valence electrons. The first-order chi connectivity index (χ1) is 7.87. The first-order valence-electron chi connectivity index (χ1n) is 4.73. The second-order valence-electron chi connectivity index (χ2n) is 3.42. The molecule has 0 amide bonds. The Balaban J connectivity index is 3.06. The van der Waals surface area contributed by atoms with Crippen LogP contribution in [0.4, 0.5) is 13.2 Å². The Hall–Kier alpha value is -0.980. The van der Waals surface area contributed by atoms with Crippen LogP contribution >= 0.6 is 11.6 Å². The topological polar surface area (TPSA) is 47.3 Å². The molecule has 0 aliphatic carbocycles. The first kappa shape index (κ1) is 14.1. The molecule has 0 radical (unpaired) electrons. The molecule has 1 aromatic rings. The van der Waals surface area contributed by atoms with Crippen LogP contribution in [0.1, 0.15) is 18.0 Å². The molecule has 3 N–H and O–H groups in total. The Morgan fingerprint density at radius 3 is 2.59 bits per heavy atom. The maximum Gasteiger partial charge on any atom is 0.390 e. The zero-order valence-electron chi connectivity index (χ0n) is 9.01. The van der Waals surface area contributed by atoms with Gasteiger partial charge >= 0.3 is 6.18 Å². The number of alkyl halides is 3. The Bertz CT molecular complexity index is 384. The van der Waals surface area contributed by atoms with Gasteiger partial charge in [-0.1, -0.05) is 11.6 Å². The average Bonchev–Trinajstić information content (AvgIpc) is 2.24. The van der Waals surface area contributed by atoms with Gasteiger partial charge in [-0.2, -0.15) is 13.2 Å². The number of halogens is 4. The number of benzene rings is 1. The van der Waals surface area contributed by atoms with E-state index in [0.29, 0.717) is 10.8 Å². The third kappa shape index (κ3) is 4.07. The molecule has 17 heavy (non-hydrogen) atoms. The normalized spacial score (nSPS) is 13.5. The minimum Gasteiger partial charge on any atom is -0.496 e. The van der Waals surface area contributed by atoms with Gasteiger partial charge in [0, 0.05) is 10.6 Å². The number of rotatable bonds is 4. The maximum absolute atomic E-state index is 12.3. The van der Waals surface area contributed by atoms with E-state index in [4.69, 9.17) is 22.2 Å². The van der Waals surface area contributed by atoms with E-state index in [9.17, 15) is 13.2 Å². The number of hydrazine groups is 1. The van der Waals surface area contributed by atoms with E-state index < -0.39 is 18.6 Å². The summed E-state index contributed by atoms with van der Waals surface area (Å²) in [5.41, 5.74) is 2.40. The van der Waals surface area contributed by atoms with E-state index in [1.165, 1.54) is 25.3 Å². The van der Waals surface area contributed by atoms with Crippen molar-refractivity contribution in [2.45, 2.75) is 18.6 Å². The molecule has 0 spiro atoms. The highest BCUT2D eigenvalue weighted by Crippen LogP contribution is 2.34. The van der Waals surface area contributed by atoms with Gasteiger partial charge in [0.2, 0.25) is 0 Å². The van der Waals surface area contributed by atoms with Crippen molar-refractivity contribution < 1.29 is 17.9 Å². The van der Waals surface area contributed by atoms with Gasteiger partial charge in [0.25, 0.3) is 0 Å². The van der Waals surface area contributed by atoms with E-state index in [0.717, 1.165) is 0 Å². The van der Waals surface area contributed by atoms with Crippen molar-refractivity contribution in [2.75, 3.05) is 7.11 Å². The van der Waals surface area contributed by atoms with Gasteiger partial charge in [-0.3, -0.25) is 11.3 Å². The highest BCUT2D eigenvalue weighted by molar-refractivity contribution is 6.30. The number of nitrogens with two attached hydrogens (primary N) is 1. The summed E-state index contributed by atoms with van der Waals surface area (Å²) in [6.45, 7) is 0. The zero-order chi connectivity index (χ0) is 13.1. The fourth-order valence-electron chi connectivity index (χ4n) is 1.47. The van der Waals surface area contributed by atoms with Crippen LogP contribution in [0.2, 0.25) is 5.02 Å². The van der Waals surface area contributed by atoms with Crippen LogP contribution in [0.15, 0.2) is 18.2 Å². The van der Waals surface area contributed by atoms with E-state index in [1.54, 1.807) is 0 Å². The molecule has 1 aromatic carbocycles. The third-order valence-electron chi connectivity index (χ3n) is 2.20. The molecule has 0 heterocycles.